The first-order valence-corrected chi connectivity index (χ1v) is 7.62. The fourth-order valence-corrected chi connectivity index (χ4v) is 2.52. The number of hydrogen-bond donors (Lipinski definition) is 2. The molecule has 0 spiro atoms. The Balaban J connectivity index is 2.22. The molecule has 1 fully saturated rings. The predicted octanol–water partition coefficient (Wildman–Crippen LogP) is 3.33. The Morgan fingerprint density at radius 3 is 1.82 bits per heavy atom. The van der Waals surface area contributed by atoms with E-state index < -0.39 is 0 Å². The van der Waals surface area contributed by atoms with E-state index in [1.165, 1.54) is 77.5 Å². The zero-order valence-electron chi connectivity index (χ0n) is 12.0. The molecule has 0 radical (unpaired) electrons. The largest absolute Gasteiger partial charge is 0.317 e. The van der Waals surface area contributed by atoms with Crippen molar-refractivity contribution in [1.82, 2.24) is 10.6 Å². The van der Waals surface area contributed by atoms with Crippen molar-refractivity contribution in [2.75, 3.05) is 26.2 Å². The van der Waals surface area contributed by atoms with Gasteiger partial charge in [-0.15, -0.1) is 0 Å². The molecule has 0 atom stereocenters. The quantitative estimate of drug-likeness (QED) is 0.679. The molecule has 0 aromatic heterocycles. The second kappa shape index (κ2) is 8.93. The molecular weight excluding hydrogens is 208 g/mol. The van der Waals surface area contributed by atoms with Gasteiger partial charge in [0.25, 0.3) is 0 Å². The van der Waals surface area contributed by atoms with E-state index in [-0.39, 0.29) is 0 Å². The summed E-state index contributed by atoms with van der Waals surface area (Å²) in [5.74, 6) is 0. The number of hydrogen-bond acceptors (Lipinski definition) is 2. The van der Waals surface area contributed by atoms with Crippen LogP contribution in [0.1, 0.15) is 65.2 Å². The van der Waals surface area contributed by atoms with Crippen LogP contribution in [0.3, 0.4) is 0 Å². The van der Waals surface area contributed by atoms with Gasteiger partial charge in [0, 0.05) is 0 Å². The fraction of sp³-hybridized carbons (Fsp3) is 1.00. The van der Waals surface area contributed by atoms with Crippen molar-refractivity contribution in [3.63, 3.8) is 0 Å². The molecule has 1 aliphatic rings. The summed E-state index contributed by atoms with van der Waals surface area (Å²) in [6, 6.07) is 0. The molecule has 0 aromatic rings. The molecular formula is C15H32N2. The lowest BCUT2D eigenvalue weighted by atomic mass is 9.84. The highest BCUT2D eigenvalue weighted by Crippen LogP contribution is 2.25. The molecule has 2 N–H and O–H groups in total. The zero-order valence-corrected chi connectivity index (χ0v) is 12.0. The first-order chi connectivity index (χ1) is 8.21. The van der Waals surface area contributed by atoms with Crippen molar-refractivity contribution >= 4 is 0 Å². The molecule has 0 aliphatic carbocycles. The molecule has 0 unspecified atom stereocenters. The topological polar surface area (TPSA) is 24.1 Å². The highest BCUT2D eigenvalue weighted by atomic mass is 14.9. The van der Waals surface area contributed by atoms with Gasteiger partial charge < -0.3 is 10.6 Å². The molecule has 2 nitrogen and oxygen atoms in total. The smallest absolute Gasteiger partial charge is 0.00438 e. The standard InChI is InChI=1S/C15H32N2/c1-15(2)9-8-13-16-11-6-4-3-5-7-12-17-14-10-15/h16-17H,3-14H2,1-2H3. The van der Waals surface area contributed by atoms with E-state index in [0.29, 0.717) is 5.41 Å². The van der Waals surface area contributed by atoms with Crippen molar-refractivity contribution in [2.45, 2.75) is 65.2 Å². The van der Waals surface area contributed by atoms with Crippen molar-refractivity contribution < 1.29 is 0 Å². The summed E-state index contributed by atoms with van der Waals surface area (Å²) in [6.07, 6.45) is 10.9. The van der Waals surface area contributed by atoms with Crippen LogP contribution in [0.25, 0.3) is 0 Å². The van der Waals surface area contributed by atoms with Crippen molar-refractivity contribution in [1.29, 1.82) is 0 Å². The molecule has 1 heterocycles. The van der Waals surface area contributed by atoms with Gasteiger partial charge in [-0.3, -0.25) is 0 Å². The third-order valence-corrected chi connectivity index (χ3v) is 3.89. The highest BCUT2D eigenvalue weighted by molar-refractivity contribution is 4.70. The van der Waals surface area contributed by atoms with Crippen LogP contribution in [0.5, 0.6) is 0 Å². The maximum atomic E-state index is 3.59. The minimum atomic E-state index is 0.509. The normalized spacial score (nSPS) is 25.8. The van der Waals surface area contributed by atoms with E-state index in [1.54, 1.807) is 0 Å². The lowest BCUT2D eigenvalue weighted by Crippen LogP contribution is -2.24. The van der Waals surface area contributed by atoms with Gasteiger partial charge in [-0.1, -0.05) is 33.1 Å². The van der Waals surface area contributed by atoms with Crippen LogP contribution in [0.4, 0.5) is 0 Å². The Morgan fingerprint density at radius 1 is 0.588 bits per heavy atom. The molecule has 0 saturated carbocycles. The van der Waals surface area contributed by atoms with Crippen LogP contribution < -0.4 is 10.6 Å². The maximum Gasteiger partial charge on any atom is -0.00438 e. The summed E-state index contributed by atoms with van der Waals surface area (Å²) in [4.78, 5) is 0. The lowest BCUT2D eigenvalue weighted by molar-refractivity contribution is 0.292. The van der Waals surface area contributed by atoms with Gasteiger partial charge >= 0.3 is 0 Å². The first-order valence-electron chi connectivity index (χ1n) is 7.62. The van der Waals surface area contributed by atoms with Crippen LogP contribution in [-0.2, 0) is 0 Å². The molecule has 102 valence electrons. The highest BCUT2D eigenvalue weighted by Gasteiger charge is 2.16. The van der Waals surface area contributed by atoms with Crippen LogP contribution >= 0.6 is 0 Å². The Labute approximate surface area is 108 Å². The third-order valence-electron chi connectivity index (χ3n) is 3.89. The van der Waals surface area contributed by atoms with Gasteiger partial charge in [0.15, 0.2) is 0 Å². The molecule has 2 heteroatoms. The number of rotatable bonds is 0. The van der Waals surface area contributed by atoms with Crippen LogP contribution in [0.2, 0.25) is 0 Å². The van der Waals surface area contributed by atoms with Crippen molar-refractivity contribution in [2.24, 2.45) is 5.41 Å². The van der Waals surface area contributed by atoms with E-state index >= 15 is 0 Å². The number of nitrogens with one attached hydrogen (secondary N) is 2. The van der Waals surface area contributed by atoms with E-state index in [1.807, 2.05) is 0 Å². The maximum absolute atomic E-state index is 3.59. The Bertz CT molecular complexity index is 160. The van der Waals surface area contributed by atoms with E-state index in [0.717, 1.165) is 0 Å². The van der Waals surface area contributed by atoms with Crippen LogP contribution in [-0.4, -0.2) is 26.2 Å². The Hall–Kier alpha value is -0.0800. The van der Waals surface area contributed by atoms with Crippen molar-refractivity contribution in [3.8, 4) is 0 Å². The molecule has 1 saturated heterocycles. The van der Waals surface area contributed by atoms with Gasteiger partial charge in [0.1, 0.15) is 0 Å². The first kappa shape index (κ1) is 15.0. The summed E-state index contributed by atoms with van der Waals surface area (Å²) >= 11 is 0. The summed E-state index contributed by atoms with van der Waals surface area (Å²) in [6.45, 7) is 9.66. The Kier molecular flexibility index (Phi) is 7.87. The fourth-order valence-electron chi connectivity index (χ4n) is 2.52. The minimum Gasteiger partial charge on any atom is -0.317 e. The van der Waals surface area contributed by atoms with Gasteiger partial charge in [-0.2, -0.15) is 0 Å². The van der Waals surface area contributed by atoms with Gasteiger partial charge in [0.2, 0.25) is 0 Å². The monoisotopic (exact) mass is 240 g/mol. The molecule has 0 amide bonds. The molecule has 1 rings (SSSR count). The predicted molar refractivity (Wildman–Crippen MR) is 76.5 cm³/mol. The summed E-state index contributed by atoms with van der Waals surface area (Å²) in [7, 11) is 0. The SMILES string of the molecule is CC1(C)CCCNCCCCCCCNCC1. The van der Waals surface area contributed by atoms with E-state index in [9.17, 15) is 0 Å². The lowest BCUT2D eigenvalue weighted by Gasteiger charge is -2.24. The Morgan fingerprint density at radius 2 is 1.12 bits per heavy atom. The summed E-state index contributed by atoms with van der Waals surface area (Å²) in [5, 5.41) is 7.17. The molecule has 1 aliphatic heterocycles. The molecule has 17 heavy (non-hydrogen) atoms. The van der Waals surface area contributed by atoms with Crippen LogP contribution in [0.15, 0.2) is 0 Å². The van der Waals surface area contributed by atoms with Crippen molar-refractivity contribution in [3.05, 3.63) is 0 Å². The van der Waals surface area contributed by atoms with Gasteiger partial charge in [-0.25, -0.2) is 0 Å². The summed E-state index contributed by atoms with van der Waals surface area (Å²) < 4.78 is 0. The van der Waals surface area contributed by atoms with Gasteiger partial charge in [0.05, 0.1) is 0 Å². The van der Waals surface area contributed by atoms with Gasteiger partial charge in [-0.05, 0) is 63.7 Å². The third kappa shape index (κ3) is 8.62. The second-order valence-electron chi connectivity index (χ2n) is 6.29. The molecule has 0 aromatic carbocycles. The van der Waals surface area contributed by atoms with E-state index in [2.05, 4.69) is 24.5 Å². The minimum absolute atomic E-state index is 0.509. The van der Waals surface area contributed by atoms with E-state index in [4.69, 9.17) is 0 Å². The zero-order chi connectivity index (χ0) is 12.4. The van der Waals surface area contributed by atoms with Crippen LogP contribution in [0, 0.1) is 5.41 Å². The average Bonchev–Trinajstić information content (AvgIpc) is 2.29. The summed E-state index contributed by atoms with van der Waals surface area (Å²) in [5.41, 5.74) is 0.509. The molecule has 0 bridgehead atoms. The average molecular weight is 240 g/mol. The second-order valence-corrected chi connectivity index (χ2v) is 6.29.